The van der Waals surface area contributed by atoms with Gasteiger partial charge in [-0.3, -0.25) is 9.59 Å². The molecule has 0 saturated heterocycles. The van der Waals surface area contributed by atoms with E-state index in [9.17, 15) is 22.8 Å². The summed E-state index contributed by atoms with van der Waals surface area (Å²) in [6.45, 7) is 0.625. The summed E-state index contributed by atoms with van der Waals surface area (Å²) in [5, 5.41) is 6.21. The van der Waals surface area contributed by atoms with Crippen LogP contribution in [-0.4, -0.2) is 33.4 Å². The second-order valence-corrected chi connectivity index (χ2v) is 8.22. The summed E-state index contributed by atoms with van der Waals surface area (Å²) in [7, 11) is 0. The fraction of sp³-hybridized carbons (Fsp3) is 0.154. The Hall–Kier alpha value is -4.47. The Morgan fingerprint density at radius 3 is 2.33 bits per heavy atom. The molecule has 3 aromatic carbocycles. The molecule has 0 spiro atoms. The highest BCUT2D eigenvalue weighted by molar-refractivity contribution is 5.96. The van der Waals surface area contributed by atoms with Crippen LogP contribution in [0, 0.1) is 0 Å². The predicted molar refractivity (Wildman–Crippen MR) is 123 cm³/mol. The third-order valence-corrected chi connectivity index (χ3v) is 5.94. The lowest BCUT2D eigenvalue weighted by atomic mass is 10.0. The van der Waals surface area contributed by atoms with E-state index in [1.807, 2.05) is 30.3 Å². The largest absolute Gasteiger partial charge is 0.471 e. The van der Waals surface area contributed by atoms with Crippen LogP contribution in [0.2, 0.25) is 0 Å². The number of amides is 2. The van der Waals surface area contributed by atoms with Crippen molar-refractivity contribution < 1.29 is 27.3 Å². The van der Waals surface area contributed by atoms with Crippen molar-refractivity contribution in [1.29, 1.82) is 0 Å². The van der Waals surface area contributed by atoms with Crippen LogP contribution in [0.15, 0.2) is 83.4 Å². The molecular weight excluding hydrogens is 473 g/mol. The molecule has 5 rings (SSSR count). The molecule has 7 nitrogen and oxygen atoms in total. The van der Waals surface area contributed by atoms with Crippen molar-refractivity contribution in [3.05, 3.63) is 107 Å². The number of carbonyl (C=O) groups excluding carboxylic acids is 2. The van der Waals surface area contributed by atoms with Gasteiger partial charge in [0.25, 0.3) is 11.8 Å². The molecule has 0 fully saturated rings. The number of alkyl halides is 3. The van der Waals surface area contributed by atoms with Crippen LogP contribution in [-0.2, 0) is 12.7 Å². The molecule has 0 saturated carbocycles. The summed E-state index contributed by atoms with van der Waals surface area (Å²) in [6.07, 6.45) is -4.74. The molecule has 36 heavy (non-hydrogen) atoms. The number of carbonyl (C=O) groups is 2. The van der Waals surface area contributed by atoms with Crippen molar-refractivity contribution in [3.63, 3.8) is 0 Å². The average Bonchev–Trinajstić information content (AvgIpc) is 3.53. The second-order valence-electron chi connectivity index (χ2n) is 8.22. The van der Waals surface area contributed by atoms with Crippen LogP contribution in [0.1, 0.15) is 43.8 Å². The van der Waals surface area contributed by atoms with E-state index in [2.05, 4.69) is 20.0 Å². The minimum absolute atomic E-state index is 0.131. The number of halogens is 3. The topological polar surface area (TPSA) is 88.3 Å². The van der Waals surface area contributed by atoms with Gasteiger partial charge in [0.05, 0.1) is 6.04 Å². The maximum absolute atomic E-state index is 13.2. The summed E-state index contributed by atoms with van der Waals surface area (Å²) in [6, 6.07) is 22.1. The molecule has 1 N–H and O–H groups in total. The fourth-order valence-corrected chi connectivity index (χ4v) is 4.16. The van der Waals surface area contributed by atoms with E-state index in [-0.39, 0.29) is 35.8 Å². The van der Waals surface area contributed by atoms with Crippen LogP contribution in [0.25, 0.3) is 11.4 Å². The first-order valence-corrected chi connectivity index (χ1v) is 11.0. The Kier molecular flexibility index (Phi) is 6.01. The first-order valence-electron chi connectivity index (χ1n) is 11.0. The summed E-state index contributed by atoms with van der Waals surface area (Å²) in [5.41, 5.74) is 3.12. The monoisotopic (exact) mass is 492 g/mol. The molecule has 1 atom stereocenters. The first-order chi connectivity index (χ1) is 17.3. The highest BCUT2D eigenvalue weighted by Gasteiger charge is 2.38. The third-order valence-electron chi connectivity index (χ3n) is 5.94. The van der Waals surface area contributed by atoms with Gasteiger partial charge < -0.3 is 14.7 Å². The molecule has 0 radical (unpaired) electrons. The van der Waals surface area contributed by atoms with E-state index >= 15 is 0 Å². The Morgan fingerprint density at radius 2 is 1.64 bits per heavy atom. The van der Waals surface area contributed by atoms with Crippen LogP contribution in [0.4, 0.5) is 13.2 Å². The van der Waals surface area contributed by atoms with Crippen molar-refractivity contribution in [2.24, 2.45) is 0 Å². The van der Waals surface area contributed by atoms with Crippen LogP contribution in [0.3, 0.4) is 0 Å². The molecule has 2 amide bonds. The summed E-state index contributed by atoms with van der Waals surface area (Å²) < 4.78 is 42.3. The van der Waals surface area contributed by atoms with E-state index in [0.29, 0.717) is 17.7 Å². The van der Waals surface area contributed by atoms with Gasteiger partial charge in [-0.05, 0) is 35.4 Å². The molecule has 182 valence electrons. The number of aromatic nitrogens is 2. The minimum Gasteiger partial charge on any atom is -0.350 e. The molecule has 2 heterocycles. The van der Waals surface area contributed by atoms with Crippen LogP contribution < -0.4 is 5.32 Å². The molecule has 10 heteroatoms. The lowest BCUT2D eigenvalue weighted by molar-refractivity contribution is -0.159. The second kappa shape index (κ2) is 9.29. The summed E-state index contributed by atoms with van der Waals surface area (Å²) in [4.78, 5) is 31.1. The van der Waals surface area contributed by atoms with Crippen molar-refractivity contribution in [2.75, 3.05) is 6.54 Å². The number of rotatable bonds is 5. The number of benzene rings is 3. The zero-order valence-electron chi connectivity index (χ0n) is 18.7. The molecule has 1 aliphatic rings. The zero-order valence-corrected chi connectivity index (χ0v) is 18.7. The van der Waals surface area contributed by atoms with Gasteiger partial charge in [-0.25, -0.2) is 0 Å². The van der Waals surface area contributed by atoms with Crippen molar-refractivity contribution in [3.8, 4) is 11.4 Å². The normalized spacial score (nSPS) is 15.0. The van der Waals surface area contributed by atoms with Gasteiger partial charge in [-0.15, -0.1) is 0 Å². The smallest absolute Gasteiger partial charge is 0.350 e. The molecule has 1 aromatic heterocycles. The van der Waals surface area contributed by atoms with E-state index in [0.717, 1.165) is 11.1 Å². The standard InChI is InChI=1S/C26H19F3N4O3/c27-26(28,29)25-31-22(32-36-25)16-10-12-17(13-11-16)23(34)30-14-21-20-9-5-4-8-19(20)15-33(21)24(35)18-6-2-1-3-7-18/h1-13,21H,14-15H2,(H,30,34). The van der Waals surface area contributed by atoms with E-state index in [1.165, 1.54) is 24.3 Å². The molecule has 4 aromatic rings. The third kappa shape index (κ3) is 4.57. The van der Waals surface area contributed by atoms with Gasteiger partial charge in [0.1, 0.15) is 0 Å². The molecule has 0 aliphatic carbocycles. The lowest BCUT2D eigenvalue weighted by Crippen LogP contribution is -2.37. The van der Waals surface area contributed by atoms with Gasteiger partial charge in [-0.2, -0.15) is 18.2 Å². The Morgan fingerprint density at radius 1 is 0.944 bits per heavy atom. The summed E-state index contributed by atoms with van der Waals surface area (Å²) >= 11 is 0. The van der Waals surface area contributed by atoms with Crippen molar-refractivity contribution >= 4 is 11.8 Å². The Bertz CT molecular complexity index is 1400. The quantitative estimate of drug-likeness (QED) is 0.429. The van der Waals surface area contributed by atoms with Gasteiger partial charge in [-0.1, -0.05) is 59.8 Å². The first kappa shape index (κ1) is 23.3. The van der Waals surface area contributed by atoms with E-state index in [1.54, 1.807) is 29.2 Å². The number of fused-ring (bicyclic) bond motifs is 1. The maximum Gasteiger partial charge on any atom is 0.471 e. The van der Waals surface area contributed by atoms with Gasteiger partial charge in [0.15, 0.2) is 0 Å². The Labute approximate surface area is 203 Å². The Balaban J connectivity index is 1.30. The number of hydrogen-bond donors (Lipinski definition) is 1. The molecule has 1 aliphatic heterocycles. The van der Waals surface area contributed by atoms with E-state index in [4.69, 9.17) is 0 Å². The van der Waals surface area contributed by atoms with E-state index < -0.39 is 12.1 Å². The van der Waals surface area contributed by atoms with Crippen LogP contribution in [0.5, 0.6) is 0 Å². The number of nitrogens with one attached hydrogen (secondary N) is 1. The van der Waals surface area contributed by atoms with Gasteiger partial charge in [0, 0.05) is 29.8 Å². The average molecular weight is 492 g/mol. The van der Waals surface area contributed by atoms with Crippen molar-refractivity contribution in [2.45, 2.75) is 18.8 Å². The summed E-state index contributed by atoms with van der Waals surface area (Å²) in [5.74, 6) is -2.19. The molecule has 1 unspecified atom stereocenters. The van der Waals surface area contributed by atoms with Gasteiger partial charge >= 0.3 is 12.1 Å². The predicted octanol–water partition coefficient (Wildman–Crippen LogP) is 4.88. The van der Waals surface area contributed by atoms with Crippen LogP contribution >= 0.6 is 0 Å². The highest BCUT2D eigenvalue weighted by Crippen LogP contribution is 2.34. The fourth-order valence-electron chi connectivity index (χ4n) is 4.16. The SMILES string of the molecule is O=C(NCC1c2ccccc2CN1C(=O)c1ccccc1)c1ccc(-c2noc(C(F)(F)F)n2)cc1. The van der Waals surface area contributed by atoms with Gasteiger partial charge in [0.2, 0.25) is 5.82 Å². The highest BCUT2D eigenvalue weighted by atomic mass is 19.4. The number of nitrogens with zero attached hydrogens (tertiary/aromatic N) is 3. The zero-order chi connectivity index (χ0) is 25.3. The minimum atomic E-state index is -4.74. The lowest BCUT2D eigenvalue weighted by Gasteiger charge is -2.26. The molecular formula is C26H19F3N4O3. The molecule has 0 bridgehead atoms. The number of hydrogen-bond acceptors (Lipinski definition) is 5. The van der Waals surface area contributed by atoms with Crippen molar-refractivity contribution in [1.82, 2.24) is 20.4 Å². The maximum atomic E-state index is 13.2.